The lowest BCUT2D eigenvalue weighted by molar-refractivity contribution is -0.123. The third kappa shape index (κ3) is 4.78. The fourth-order valence-electron chi connectivity index (χ4n) is 2.54. The van der Waals surface area contributed by atoms with Crippen LogP contribution in [-0.4, -0.2) is 22.1 Å². The average molecular weight is 408 g/mol. The standard InChI is InChI=1S/C19H16Cl2FN3O2/c1-25-9-8-23-19(25)18(12-2-5-14(22)6-3-12)24-17(26)11-27-16-10-13(20)4-7-15(16)21/h2-10,18H,11H2,1H3,(H,24,26). The van der Waals surface area contributed by atoms with Gasteiger partial charge in [0.05, 0.1) is 5.02 Å². The van der Waals surface area contributed by atoms with Gasteiger partial charge < -0.3 is 14.6 Å². The van der Waals surface area contributed by atoms with Gasteiger partial charge >= 0.3 is 0 Å². The third-order valence-corrected chi connectivity index (χ3v) is 4.42. The molecule has 1 unspecified atom stereocenters. The number of benzene rings is 2. The van der Waals surface area contributed by atoms with Crippen molar-refractivity contribution >= 4 is 29.1 Å². The Balaban J connectivity index is 1.75. The van der Waals surface area contributed by atoms with E-state index in [1.165, 1.54) is 18.2 Å². The van der Waals surface area contributed by atoms with Gasteiger partial charge in [0.25, 0.3) is 5.91 Å². The van der Waals surface area contributed by atoms with Crippen molar-refractivity contribution in [2.45, 2.75) is 6.04 Å². The molecule has 0 saturated carbocycles. The molecule has 0 aliphatic carbocycles. The summed E-state index contributed by atoms with van der Waals surface area (Å²) in [5.41, 5.74) is 0.694. The van der Waals surface area contributed by atoms with Crippen LogP contribution in [0.15, 0.2) is 54.9 Å². The number of nitrogens with zero attached hydrogens (tertiary/aromatic N) is 2. The number of hydrogen-bond acceptors (Lipinski definition) is 3. The largest absolute Gasteiger partial charge is 0.482 e. The van der Waals surface area contributed by atoms with Crippen LogP contribution in [0.25, 0.3) is 0 Å². The van der Waals surface area contributed by atoms with Gasteiger partial charge in [0.1, 0.15) is 23.4 Å². The number of ether oxygens (including phenoxy) is 1. The number of halogens is 3. The first-order chi connectivity index (χ1) is 12.9. The molecule has 1 amide bonds. The minimum Gasteiger partial charge on any atom is -0.482 e. The quantitative estimate of drug-likeness (QED) is 0.667. The van der Waals surface area contributed by atoms with Crippen molar-refractivity contribution in [1.82, 2.24) is 14.9 Å². The molecule has 8 heteroatoms. The molecular formula is C19H16Cl2FN3O2. The van der Waals surface area contributed by atoms with E-state index in [1.54, 1.807) is 41.2 Å². The summed E-state index contributed by atoms with van der Waals surface area (Å²) in [6.07, 6.45) is 3.39. The van der Waals surface area contributed by atoms with Crippen LogP contribution in [0.5, 0.6) is 5.75 Å². The van der Waals surface area contributed by atoms with Gasteiger partial charge in [-0.3, -0.25) is 4.79 Å². The van der Waals surface area contributed by atoms with E-state index in [0.29, 0.717) is 27.2 Å². The van der Waals surface area contributed by atoms with Gasteiger partial charge in [-0.15, -0.1) is 0 Å². The molecule has 0 saturated heterocycles. The Morgan fingerprint density at radius 3 is 2.67 bits per heavy atom. The third-order valence-electron chi connectivity index (χ3n) is 3.88. The zero-order valence-corrected chi connectivity index (χ0v) is 15.8. The maximum atomic E-state index is 13.3. The van der Waals surface area contributed by atoms with Crippen LogP contribution in [0.4, 0.5) is 4.39 Å². The highest BCUT2D eigenvalue weighted by molar-refractivity contribution is 6.34. The van der Waals surface area contributed by atoms with E-state index >= 15 is 0 Å². The van der Waals surface area contributed by atoms with Gasteiger partial charge in [0, 0.05) is 30.5 Å². The molecule has 2 aromatic carbocycles. The molecule has 5 nitrogen and oxygen atoms in total. The van der Waals surface area contributed by atoms with Crippen molar-refractivity contribution in [2.24, 2.45) is 7.05 Å². The number of carbonyl (C=O) groups is 1. The molecule has 0 aliphatic rings. The van der Waals surface area contributed by atoms with Crippen molar-refractivity contribution in [1.29, 1.82) is 0 Å². The second-order valence-corrected chi connectivity index (χ2v) is 6.66. The highest BCUT2D eigenvalue weighted by Crippen LogP contribution is 2.27. The SMILES string of the molecule is Cn1ccnc1C(NC(=O)COc1cc(Cl)ccc1Cl)c1ccc(F)cc1. The summed E-state index contributed by atoms with van der Waals surface area (Å²) in [5.74, 6) is 0.177. The highest BCUT2D eigenvalue weighted by Gasteiger charge is 2.21. The Bertz CT molecular complexity index is 944. The van der Waals surface area contributed by atoms with E-state index < -0.39 is 6.04 Å². The summed E-state index contributed by atoms with van der Waals surface area (Å²) >= 11 is 11.9. The smallest absolute Gasteiger partial charge is 0.258 e. The minimum atomic E-state index is -0.559. The van der Waals surface area contributed by atoms with Crippen LogP contribution >= 0.6 is 23.2 Å². The number of carbonyl (C=O) groups excluding carboxylic acids is 1. The normalized spacial score (nSPS) is 11.9. The van der Waals surface area contributed by atoms with E-state index in [4.69, 9.17) is 27.9 Å². The molecule has 1 heterocycles. The maximum absolute atomic E-state index is 13.3. The molecule has 27 heavy (non-hydrogen) atoms. The average Bonchev–Trinajstić information content (AvgIpc) is 3.07. The number of rotatable bonds is 6. The van der Waals surface area contributed by atoms with E-state index in [9.17, 15) is 9.18 Å². The zero-order chi connectivity index (χ0) is 19.4. The number of imidazole rings is 1. The van der Waals surface area contributed by atoms with Crippen LogP contribution in [0.2, 0.25) is 10.0 Å². The van der Waals surface area contributed by atoms with Gasteiger partial charge in [-0.1, -0.05) is 35.3 Å². The summed E-state index contributed by atoms with van der Waals surface area (Å²) in [7, 11) is 1.81. The maximum Gasteiger partial charge on any atom is 0.258 e. The molecule has 0 radical (unpaired) electrons. The molecule has 3 aromatic rings. The Morgan fingerprint density at radius 1 is 1.26 bits per heavy atom. The molecule has 0 aliphatic heterocycles. The van der Waals surface area contributed by atoms with Gasteiger partial charge in [0.2, 0.25) is 0 Å². The summed E-state index contributed by atoms with van der Waals surface area (Å²) < 4.78 is 20.5. The van der Waals surface area contributed by atoms with E-state index in [1.807, 2.05) is 7.05 Å². The van der Waals surface area contributed by atoms with E-state index in [2.05, 4.69) is 10.3 Å². The Hall–Kier alpha value is -2.57. The first-order valence-corrected chi connectivity index (χ1v) is 8.79. The first kappa shape index (κ1) is 19.2. The van der Waals surface area contributed by atoms with Crippen LogP contribution in [0.1, 0.15) is 17.4 Å². The molecule has 0 bridgehead atoms. The summed E-state index contributed by atoms with van der Waals surface area (Å²) in [4.78, 5) is 16.7. The number of aryl methyl sites for hydroxylation is 1. The lowest BCUT2D eigenvalue weighted by atomic mass is 10.1. The fraction of sp³-hybridized carbons (Fsp3) is 0.158. The van der Waals surface area contributed by atoms with Crippen molar-refractivity contribution in [3.05, 3.63) is 82.1 Å². The number of nitrogens with one attached hydrogen (secondary N) is 1. The number of hydrogen-bond donors (Lipinski definition) is 1. The monoisotopic (exact) mass is 407 g/mol. The molecule has 140 valence electrons. The summed E-state index contributed by atoms with van der Waals surface area (Å²) in [6.45, 7) is -0.262. The highest BCUT2D eigenvalue weighted by atomic mass is 35.5. The molecule has 0 spiro atoms. The number of aromatic nitrogens is 2. The molecule has 1 N–H and O–H groups in total. The Labute approximate surface area is 165 Å². The lowest BCUT2D eigenvalue weighted by Gasteiger charge is -2.19. The summed E-state index contributed by atoms with van der Waals surface area (Å²) in [5, 5.41) is 3.66. The van der Waals surface area contributed by atoms with Gasteiger partial charge in [0.15, 0.2) is 6.61 Å². The fourth-order valence-corrected chi connectivity index (χ4v) is 2.88. The van der Waals surface area contributed by atoms with Crippen LogP contribution < -0.4 is 10.1 Å². The molecular weight excluding hydrogens is 392 g/mol. The Kier molecular flexibility index (Phi) is 5.98. The van der Waals surface area contributed by atoms with Gasteiger partial charge in [-0.05, 0) is 29.8 Å². The van der Waals surface area contributed by atoms with Crippen molar-refractivity contribution in [2.75, 3.05) is 6.61 Å². The van der Waals surface area contributed by atoms with Crippen molar-refractivity contribution in [3.8, 4) is 5.75 Å². The van der Waals surface area contributed by atoms with E-state index in [0.717, 1.165) is 0 Å². The lowest BCUT2D eigenvalue weighted by Crippen LogP contribution is -2.34. The molecule has 1 aromatic heterocycles. The minimum absolute atomic E-state index is 0.262. The second kappa shape index (κ2) is 8.41. The van der Waals surface area contributed by atoms with Crippen LogP contribution in [0, 0.1) is 5.82 Å². The summed E-state index contributed by atoms with van der Waals surface area (Å²) in [6, 6.07) is 10.1. The van der Waals surface area contributed by atoms with Crippen molar-refractivity contribution in [3.63, 3.8) is 0 Å². The molecule has 3 rings (SSSR count). The first-order valence-electron chi connectivity index (χ1n) is 8.04. The van der Waals surface area contributed by atoms with E-state index in [-0.39, 0.29) is 18.3 Å². The zero-order valence-electron chi connectivity index (χ0n) is 14.3. The molecule has 1 atom stereocenters. The molecule has 0 fully saturated rings. The predicted octanol–water partition coefficient (Wildman–Crippen LogP) is 4.15. The Morgan fingerprint density at radius 2 is 2.00 bits per heavy atom. The number of amides is 1. The van der Waals surface area contributed by atoms with Gasteiger partial charge in [-0.25, -0.2) is 9.37 Å². The van der Waals surface area contributed by atoms with Gasteiger partial charge in [-0.2, -0.15) is 0 Å². The van der Waals surface area contributed by atoms with Crippen molar-refractivity contribution < 1.29 is 13.9 Å². The predicted molar refractivity (Wildman–Crippen MR) is 102 cm³/mol. The topological polar surface area (TPSA) is 56.2 Å². The van der Waals surface area contributed by atoms with Crippen LogP contribution in [0.3, 0.4) is 0 Å². The second-order valence-electron chi connectivity index (χ2n) is 5.81. The van der Waals surface area contributed by atoms with Crippen LogP contribution in [-0.2, 0) is 11.8 Å².